The summed E-state index contributed by atoms with van der Waals surface area (Å²) >= 11 is 0. The quantitative estimate of drug-likeness (QED) is 0.695. The summed E-state index contributed by atoms with van der Waals surface area (Å²) in [5.41, 5.74) is 6.52. The molecule has 1 saturated carbocycles. The van der Waals surface area contributed by atoms with Crippen LogP contribution < -0.4 is 10.6 Å². The summed E-state index contributed by atoms with van der Waals surface area (Å²) < 4.78 is 0. The molecule has 1 aliphatic carbocycles. The normalized spacial score (nSPS) is 30.3. The molecule has 0 bridgehead atoms. The molecule has 0 amide bonds. The number of anilines is 2. The maximum Gasteiger partial charge on any atom is 0.130 e. The summed E-state index contributed by atoms with van der Waals surface area (Å²) in [5.74, 6) is 2.94. The van der Waals surface area contributed by atoms with E-state index in [4.69, 9.17) is 5.73 Å². The zero-order chi connectivity index (χ0) is 8.84. The van der Waals surface area contributed by atoms with Crippen LogP contribution in [0.4, 0.5) is 11.5 Å². The SMILES string of the molecule is Nc1ccnc(N2CC3CC3C2)c1. The van der Waals surface area contributed by atoms with Crippen LogP contribution in [0, 0.1) is 11.8 Å². The summed E-state index contributed by atoms with van der Waals surface area (Å²) in [6.45, 7) is 2.36. The Morgan fingerprint density at radius 2 is 2.15 bits per heavy atom. The Kier molecular flexibility index (Phi) is 1.31. The van der Waals surface area contributed by atoms with Crippen molar-refractivity contribution in [1.82, 2.24) is 4.98 Å². The zero-order valence-electron chi connectivity index (χ0n) is 7.48. The monoisotopic (exact) mass is 175 g/mol. The maximum absolute atomic E-state index is 5.71. The lowest BCUT2D eigenvalue weighted by Gasteiger charge is -2.18. The van der Waals surface area contributed by atoms with Crippen LogP contribution in [0.15, 0.2) is 18.3 Å². The van der Waals surface area contributed by atoms with Crippen molar-refractivity contribution < 1.29 is 0 Å². The molecule has 2 fully saturated rings. The van der Waals surface area contributed by atoms with E-state index in [9.17, 15) is 0 Å². The number of piperidine rings is 1. The molecule has 2 aliphatic rings. The molecule has 1 aromatic heterocycles. The molecular formula is C10H13N3. The first-order valence-electron chi connectivity index (χ1n) is 4.79. The largest absolute Gasteiger partial charge is 0.399 e. The van der Waals surface area contributed by atoms with Gasteiger partial charge in [-0.3, -0.25) is 0 Å². The van der Waals surface area contributed by atoms with E-state index in [0.717, 1.165) is 23.3 Å². The second kappa shape index (κ2) is 2.37. The van der Waals surface area contributed by atoms with Crippen LogP contribution in [0.3, 0.4) is 0 Å². The van der Waals surface area contributed by atoms with Gasteiger partial charge in [-0.2, -0.15) is 0 Å². The number of nitrogens with zero attached hydrogens (tertiary/aromatic N) is 2. The molecule has 2 atom stereocenters. The predicted molar refractivity (Wildman–Crippen MR) is 52.5 cm³/mol. The molecule has 68 valence electrons. The van der Waals surface area contributed by atoms with Gasteiger partial charge < -0.3 is 10.6 Å². The Morgan fingerprint density at radius 1 is 1.38 bits per heavy atom. The molecule has 2 heterocycles. The first-order chi connectivity index (χ1) is 6.33. The van der Waals surface area contributed by atoms with E-state index in [2.05, 4.69) is 9.88 Å². The number of aromatic nitrogens is 1. The summed E-state index contributed by atoms with van der Waals surface area (Å²) in [6.07, 6.45) is 3.22. The van der Waals surface area contributed by atoms with E-state index in [1.807, 2.05) is 12.1 Å². The van der Waals surface area contributed by atoms with Gasteiger partial charge in [0, 0.05) is 31.0 Å². The summed E-state index contributed by atoms with van der Waals surface area (Å²) in [4.78, 5) is 6.66. The van der Waals surface area contributed by atoms with Gasteiger partial charge in [0.1, 0.15) is 5.82 Å². The van der Waals surface area contributed by atoms with Crippen LogP contribution in [0.1, 0.15) is 6.42 Å². The van der Waals surface area contributed by atoms with Crippen LogP contribution in [0.2, 0.25) is 0 Å². The highest BCUT2D eigenvalue weighted by molar-refractivity contribution is 5.51. The first-order valence-corrected chi connectivity index (χ1v) is 4.79. The van der Waals surface area contributed by atoms with Crippen molar-refractivity contribution in [3.8, 4) is 0 Å². The fourth-order valence-electron chi connectivity index (χ4n) is 2.19. The highest BCUT2D eigenvalue weighted by atomic mass is 15.2. The number of pyridine rings is 1. The fraction of sp³-hybridized carbons (Fsp3) is 0.500. The van der Waals surface area contributed by atoms with Crippen LogP contribution in [0.25, 0.3) is 0 Å². The minimum absolute atomic E-state index is 0.811. The lowest BCUT2D eigenvalue weighted by Crippen LogP contribution is -2.22. The van der Waals surface area contributed by atoms with Gasteiger partial charge in [0.15, 0.2) is 0 Å². The van der Waals surface area contributed by atoms with E-state index in [1.165, 1.54) is 19.5 Å². The average molecular weight is 175 g/mol. The highest BCUT2D eigenvalue weighted by Crippen LogP contribution is 2.45. The lowest BCUT2D eigenvalue weighted by atomic mass is 10.3. The third-order valence-corrected chi connectivity index (χ3v) is 3.07. The Balaban J connectivity index is 1.84. The molecule has 13 heavy (non-hydrogen) atoms. The van der Waals surface area contributed by atoms with E-state index in [-0.39, 0.29) is 0 Å². The van der Waals surface area contributed by atoms with Gasteiger partial charge in [0.25, 0.3) is 0 Å². The number of fused-ring (bicyclic) bond motifs is 1. The van der Waals surface area contributed by atoms with E-state index in [1.54, 1.807) is 6.20 Å². The zero-order valence-corrected chi connectivity index (χ0v) is 7.48. The van der Waals surface area contributed by atoms with E-state index >= 15 is 0 Å². The van der Waals surface area contributed by atoms with Gasteiger partial charge in [-0.25, -0.2) is 4.98 Å². The molecule has 3 heteroatoms. The number of hydrogen-bond donors (Lipinski definition) is 1. The van der Waals surface area contributed by atoms with Crippen molar-refractivity contribution in [2.24, 2.45) is 11.8 Å². The third kappa shape index (κ3) is 1.15. The molecule has 3 nitrogen and oxygen atoms in total. The highest BCUT2D eigenvalue weighted by Gasteiger charge is 2.45. The third-order valence-electron chi connectivity index (χ3n) is 3.07. The first kappa shape index (κ1) is 7.18. The second-order valence-electron chi connectivity index (χ2n) is 4.11. The average Bonchev–Trinajstić information content (AvgIpc) is 2.74. The number of hydrogen-bond acceptors (Lipinski definition) is 3. The number of nitrogens with two attached hydrogens (primary N) is 1. The van der Waals surface area contributed by atoms with E-state index < -0.39 is 0 Å². The Morgan fingerprint density at radius 3 is 2.85 bits per heavy atom. The van der Waals surface area contributed by atoms with Gasteiger partial charge in [-0.1, -0.05) is 0 Å². The topological polar surface area (TPSA) is 42.1 Å². The van der Waals surface area contributed by atoms with Crippen LogP contribution in [-0.4, -0.2) is 18.1 Å². The van der Waals surface area contributed by atoms with Crippen LogP contribution in [0.5, 0.6) is 0 Å². The van der Waals surface area contributed by atoms with Crippen molar-refractivity contribution in [1.29, 1.82) is 0 Å². The molecule has 1 aromatic rings. The molecule has 2 N–H and O–H groups in total. The van der Waals surface area contributed by atoms with Crippen LogP contribution in [-0.2, 0) is 0 Å². The maximum atomic E-state index is 5.71. The molecule has 0 aromatic carbocycles. The Bertz CT molecular complexity index is 327. The van der Waals surface area contributed by atoms with Crippen molar-refractivity contribution in [2.45, 2.75) is 6.42 Å². The number of nitrogen functional groups attached to an aromatic ring is 1. The Labute approximate surface area is 77.6 Å². The van der Waals surface area contributed by atoms with Gasteiger partial charge in [-0.05, 0) is 24.3 Å². The van der Waals surface area contributed by atoms with E-state index in [0.29, 0.717) is 0 Å². The summed E-state index contributed by atoms with van der Waals surface area (Å²) in [6, 6.07) is 3.80. The predicted octanol–water partition coefficient (Wildman–Crippen LogP) is 1.12. The molecule has 0 radical (unpaired) electrons. The van der Waals surface area contributed by atoms with Gasteiger partial charge in [0.2, 0.25) is 0 Å². The van der Waals surface area contributed by atoms with Gasteiger partial charge >= 0.3 is 0 Å². The smallest absolute Gasteiger partial charge is 0.130 e. The van der Waals surface area contributed by atoms with Gasteiger partial charge in [0.05, 0.1) is 0 Å². The minimum atomic E-state index is 0.811. The second-order valence-corrected chi connectivity index (χ2v) is 4.11. The fourth-order valence-corrected chi connectivity index (χ4v) is 2.19. The molecule has 0 spiro atoms. The molecule has 1 saturated heterocycles. The minimum Gasteiger partial charge on any atom is -0.399 e. The molecule has 3 rings (SSSR count). The standard InChI is InChI=1S/C10H13N3/c11-9-1-2-12-10(4-9)13-5-7-3-8(7)6-13/h1-2,4,7-8H,3,5-6H2,(H2,11,12). The van der Waals surface area contributed by atoms with Crippen molar-refractivity contribution >= 4 is 11.5 Å². The van der Waals surface area contributed by atoms with Crippen molar-refractivity contribution in [3.63, 3.8) is 0 Å². The Hall–Kier alpha value is -1.25. The lowest BCUT2D eigenvalue weighted by molar-refractivity contribution is 0.806. The van der Waals surface area contributed by atoms with Gasteiger partial charge in [-0.15, -0.1) is 0 Å². The van der Waals surface area contributed by atoms with Crippen LogP contribution >= 0.6 is 0 Å². The molecular weight excluding hydrogens is 162 g/mol. The summed E-state index contributed by atoms with van der Waals surface area (Å²) in [7, 11) is 0. The number of rotatable bonds is 1. The summed E-state index contributed by atoms with van der Waals surface area (Å²) in [5, 5.41) is 0. The van der Waals surface area contributed by atoms with Crippen molar-refractivity contribution in [2.75, 3.05) is 23.7 Å². The van der Waals surface area contributed by atoms with Crippen molar-refractivity contribution in [3.05, 3.63) is 18.3 Å². The molecule has 1 aliphatic heterocycles. The molecule has 2 unspecified atom stereocenters.